The third-order valence-electron chi connectivity index (χ3n) is 2.80. The summed E-state index contributed by atoms with van der Waals surface area (Å²) in [5.41, 5.74) is -0.481. The van der Waals surface area contributed by atoms with Gasteiger partial charge in [-0.15, -0.1) is 0 Å². The van der Waals surface area contributed by atoms with Gasteiger partial charge in [0.05, 0.1) is 6.04 Å². The molecular weight excluding hydrogens is 222 g/mol. The van der Waals surface area contributed by atoms with Crippen molar-refractivity contribution in [3.63, 3.8) is 0 Å². The second-order valence-electron chi connectivity index (χ2n) is 3.90. The zero-order chi connectivity index (χ0) is 11.8. The number of benzene rings is 1. The van der Waals surface area contributed by atoms with E-state index in [1.165, 1.54) is 0 Å². The summed E-state index contributed by atoms with van der Waals surface area (Å²) in [6, 6.07) is 1.23. The minimum absolute atomic E-state index is 0.339. The molecule has 2 rings (SSSR count). The van der Waals surface area contributed by atoms with Crippen LogP contribution in [0.4, 0.5) is 17.6 Å². The average molecular weight is 233 g/mol. The molecule has 88 valence electrons. The predicted octanol–water partition coefficient (Wildman–Crippen LogP) is 2.81. The number of rotatable bonds is 2. The van der Waals surface area contributed by atoms with E-state index < -0.39 is 29.2 Å². The number of halogens is 4. The number of hydrogen-bond acceptors (Lipinski definition) is 1. The zero-order valence-corrected chi connectivity index (χ0v) is 8.44. The third-order valence-corrected chi connectivity index (χ3v) is 2.80. The van der Waals surface area contributed by atoms with Crippen molar-refractivity contribution in [2.75, 3.05) is 6.54 Å². The van der Waals surface area contributed by atoms with Crippen molar-refractivity contribution in [1.82, 2.24) is 5.32 Å². The van der Waals surface area contributed by atoms with Gasteiger partial charge in [0, 0.05) is 5.56 Å². The van der Waals surface area contributed by atoms with Crippen LogP contribution in [0.5, 0.6) is 0 Å². The van der Waals surface area contributed by atoms with Crippen molar-refractivity contribution in [2.24, 2.45) is 0 Å². The van der Waals surface area contributed by atoms with E-state index in [9.17, 15) is 17.6 Å². The maximum absolute atomic E-state index is 13.8. The molecule has 1 aromatic carbocycles. The Balaban J connectivity index is 2.30. The first kappa shape index (κ1) is 11.4. The summed E-state index contributed by atoms with van der Waals surface area (Å²) >= 11 is 0. The molecule has 0 amide bonds. The van der Waals surface area contributed by atoms with E-state index in [0.29, 0.717) is 25.5 Å². The van der Waals surface area contributed by atoms with Gasteiger partial charge < -0.3 is 5.32 Å². The van der Waals surface area contributed by atoms with Crippen molar-refractivity contribution >= 4 is 0 Å². The van der Waals surface area contributed by atoms with Crippen LogP contribution in [0.2, 0.25) is 0 Å². The number of nitrogens with one attached hydrogen (secondary N) is 1. The Morgan fingerprint density at radius 3 is 2.50 bits per heavy atom. The monoisotopic (exact) mass is 233 g/mol. The lowest BCUT2D eigenvalue weighted by atomic mass is 9.99. The van der Waals surface area contributed by atoms with E-state index in [1.54, 1.807) is 0 Å². The molecule has 0 aromatic heterocycles. The molecule has 1 aliphatic rings. The van der Waals surface area contributed by atoms with Gasteiger partial charge in [0.25, 0.3) is 5.92 Å². The van der Waals surface area contributed by atoms with Gasteiger partial charge in [0.2, 0.25) is 0 Å². The Kier molecular flexibility index (Phi) is 2.88. The van der Waals surface area contributed by atoms with Crippen LogP contribution in [-0.4, -0.2) is 12.6 Å². The summed E-state index contributed by atoms with van der Waals surface area (Å²) in [6.45, 7) is 0.532. The molecule has 0 spiro atoms. The first-order valence-corrected chi connectivity index (χ1v) is 5.08. The fourth-order valence-corrected chi connectivity index (χ4v) is 1.90. The molecular formula is C11H11F4N. The second-order valence-corrected chi connectivity index (χ2v) is 3.90. The summed E-state index contributed by atoms with van der Waals surface area (Å²) in [7, 11) is 0. The highest BCUT2D eigenvalue weighted by Gasteiger charge is 2.42. The molecule has 1 unspecified atom stereocenters. The highest BCUT2D eigenvalue weighted by molar-refractivity contribution is 5.24. The van der Waals surface area contributed by atoms with E-state index in [2.05, 4.69) is 5.32 Å². The smallest absolute Gasteiger partial charge is 0.288 e. The van der Waals surface area contributed by atoms with Crippen molar-refractivity contribution in [1.29, 1.82) is 0 Å². The standard InChI is InChI=1S/C11H11F4N/c12-8-4-3-7(6-9(8)13)11(14,15)10-2-1-5-16-10/h3-4,6,10,16H,1-2,5H2. The molecule has 1 atom stereocenters. The van der Waals surface area contributed by atoms with Gasteiger partial charge in [-0.05, 0) is 37.6 Å². The Morgan fingerprint density at radius 1 is 1.19 bits per heavy atom. The quantitative estimate of drug-likeness (QED) is 0.774. The zero-order valence-electron chi connectivity index (χ0n) is 8.44. The maximum atomic E-state index is 13.8. The Bertz CT molecular complexity index is 386. The Hall–Kier alpha value is -1.10. The molecule has 16 heavy (non-hydrogen) atoms. The van der Waals surface area contributed by atoms with E-state index >= 15 is 0 Å². The van der Waals surface area contributed by atoms with Crippen LogP contribution in [0.15, 0.2) is 18.2 Å². The third kappa shape index (κ3) is 1.91. The fraction of sp³-hybridized carbons (Fsp3) is 0.455. The summed E-state index contributed by atoms with van der Waals surface area (Å²) < 4.78 is 53.1. The van der Waals surface area contributed by atoms with Gasteiger partial charge in [-0.25, -0.2) is 8.78 Å². The van der Waals surface area contributed by atoms with Crippen molar-refractivity contribution in [3.8, 4) is 0 Å². The number of alkyl halides is 2. The van der Waals surface area contributed by atoms with Crippen LogP contribution >= 0.6 is 0 Å². The lowest BCUT2D eigenvalue weighted by Gasteiger charge is -2.23. The highest BCUT2D eigenvalue weighted by Crippen LogP contribution is 2.35. The largest absolute Gasteiger partial charge is 0.308 e. The molecule has 1 N–H and O–H groups in total. The maximum Gasteiger partial charge on any atom is 0.288 e. The van der Waals surface area contributed by atoms with Crippen LogP contribution in [0.25, 0.3) is 0 Å². The first-order chi connectivity index (χ1) is 7.51. The van der Waals surface area contributed by atoms with Crippen LogP contribution in [-0.2, 0) is 5.92 Å². The Morgan fingerprint density at radius 2 is 1.94 bits per heavy atom. The molecule has 1 aromatic rings. The van der Waals surface area contributed by atoms with Crippen LogP contribution in [0, 0.1) is 11.6 Å². The average Bonchev–Trinajstić information content (AvgIpc) is 2.75. The normalized spacial score (nSPS) is 21.4. The van der Waals surface area contributed by atoms with E-state index in [4.69, 9.17) is 0 Å². The lowest BCUT2D eigenvalue weighted by Crippen LogP contribution is -2.38. The topological polar surface area (TPSA) is 12.0 Å². The van der Waals surface area contributed by atoms with Crippen LogP contribution in [0.3, 0.4) is 0 Å². The fourth-order valence-electron chi connectivity index (χ4n) is 1.90. The van der Waals surface area contributed by atoms with Gasteiger partial charge in [-0.2, -0.15) is 8.78 Å². The molecule has 0 radical (unpaired) electrons. The second kappa shape index (κ2) is 4.05. The van der Waals surface area contributed by atoms with Gasteiger partial charge in [0.1, 0.15) is 0 Å². The first-order valence-electron chi connectivity index (χ1n) is 5.08. The molecule has 1 nitrogen and oxygen atoms in total. The van der Waals surface area contributed by atoms with Gasteiger partial charge >= 0.3 is 0 Å². The van der Waals surface area contributed by atoms with Crippen LogP contribution < -0.4 is 5.32 Å². The molecule has 5 heteroatoms. The number of hydrogen-bond donors (Lipinski definition) is 1. The molecule has 0 aliphatic carbocycles. The summed E-state index contributed by atoms with van der Waals surface area (Å²) in [5, 5.41) is 2.66. The SMILES string of the molecule is Fc1ccc(C(F)(F)C2CCCN2)cc1F. The predicted molar refractivity (Wildman–Crippen MR) is 51.3 cm³/mol. The molecule has 1 aliphatic heterocycles. The van der Waals surface area contributed by atoms with Crippen LogP contribution in [0.1, 0.15) is 18.4 Å². The van der Waals surface area contributed by atoms with Gasteiger partial charge in [-0.3, -0.25) is 0 Å². The molecule has 0 bridgehead atoms. The van der Waals surface area contributed by atoms with Crippen molar-refractivity contribution in [3.05, 3.63) is 35.4 Å². The van der Waals surface area contributed by atoms with E-state index in [-0.39, 0.29) is 0 Å². The van der Waals surface area contributed by atoms with Crippen molar-refractivity contribution in [2.45, 2.75) is 24.8 Å². The van der Waals surface area contributed by atoms with Crippen molar-refractivity contribution < 1.29 is 17.6 Å². The summed E-state index contributed by atoms with van der Waals surface area (Å²) in [5.74, 6) is -5.51. The van der Waals surface area contributed by atoms with Gasteiger partial charge in [0.15, 0.2) is 11.6 Å². The van der Waals surface area contributed by atoms with E-state index in [0.717, 1.165) is 12.1 Å². The molecule has 1 heterocycles. The minimum Gasteiger partial charge on any atom is -0.308 e. The Labute approximate surface area is 90.5 Å². The molecule has 0 saturated carbocycles. The lowest BCUT2D eigenvalue weighted by molar-refractivity contribution is -0.0379. The molecule has 1 saturated heterocycles. The van der Waals surface area contributed by atoms with E-state index in [1.807, 2.05) is 0 Å². The molecule has 1 fully saturated rings. The summed E-state index contributed by atoms with van der Waals surface area (Å²) in [4.78, 5) is 0. The minimum atomic E-state index is -3.16. The highest BCUT2D eigenvalue weighted by atomic mass is 19.3. The van der Waals surface area contributed by atoms with Gasteiger partial charge in [-0.1, -0.05) is 0 Å². The summed E-state index contributed by atoms with van der Waals surface area (Å²) in [6.07, 6.45) is 1.01.